The highest BCUT2D eigenvalue weighted by atomic mass is 16.5. The van der Waals surface area contributed by atoms with Crippen molar-refractivity contribution in [3.8, 4) is 0 Å². The molecule has 3 fully saturated rings. The van der Waals surface area contributed by atoms with Gasteiger partial charge in [-0.25, -0.2) is 0 Å². The van der Waals surface area contributed by atoms with Crippen molar-refractivity contribution >= 4 is 0 Å². The third kappa shape index (κ3) is 2.41. The number of hydrogen-bond acceptors (Lipinski definition) is 5. The molecule has 1 aromatic rings. The van der Waals surface area contributed by atoms with Gasteiger partial charge in [0.05, 0.1) is 6.54 Å². The molecule has 1 N–H and O–H groups in total. The summed E-state index contributed by atoms with van der Waals surface area (Å²) in [6.07, 6.45) is 7.71. The molecule has 2 aliphatic heterocycles. The molecule has 1 aliphatic carbocycles. The maximum absolute atomic E-state index is 5.42. The van der Waals surface area contributed by atoms with Gasteiger partial charge in [-0.2, -0.15) is 4.98 Å². The number of aromatic nitrogens is 2. The lowest BCUT2D eigenvalue weighted by atomic mass is 10.0. The molecule has 3 heterocycles. The third-order valence-corrected chi connectivity index (χ3v) is 4.74. The van der Waals surface area contributed by atoms with Gasteiger partial charge in [0, 0.05) is 18.0 Å². The van der Waals surface area contributed by atoms with E-state index in [1.54, 1.807) is 0 Å². The van der Waals surface area contributed by atoms with E-state index in [1.807, 2.05) is 0 Å². The Morgan fingerprint density at radius 3 is 2.95 bits per heavy atom. The molecule has 1 saturated carbocycles. The van der Waals surface area contributed by atoms with Crippen LogP contribution in [0.5, 0.6) is 0 Å². The molecular weight excluding hydrogens is 240 g/mol. The maximum Gasteiger partial charge on any atom is 0.240 e. The first-order valence-electron chi connectivity index (χ1n) is 7.70. The summed E-state index contributed by atoms with van der Waals surface area (Å²) in [7, 11) is 0. The second-order valence-corrected chi connectivity index (χ2v) is 6.20. The summed E-state index contributed by atoms with van der Waals surface area (Å²) in [5.41, 5.74) is 0. The zero-order valence-corrected chi connectivity index (χ0v) is 11.3. The summed E-state index contributed by atoms with van der Waals surface area (Å²) in [5.74, 6) is 2.33. The highest BCUT2D eigenvalue weighted by molar-refractivity contribution is 5.03. The Morgan fingerprint density at radius 1 is 1.21 bits per heavy atom. The molecule has 19 heavy (non-hydrogen) atoms. The Morgan fingerprint density at radius 2 is 2.16 bits per heavy atom. The average Bonchev–Trinajstić information content (AvgIpc) is 2.89. The van der Waals surface area contributed by atoms with Crippen molar-refractivity contribution in [3.63, 3.8) is 0 Å². The quantitative estimate of drug-likeness (QED) is 0.894. The van der Waals surface area contributed by atoms with E-state index in [1.165, 1.54) is 51.6 Å². The van der Waals surface area contributed by atoms with Crippen molar-refractivity contribution in [1.29, 1.82) is 0 Å². The van der Waals surface area contributed by atoms with Gasteiger partial charge in [0.1, 0.15) is 0 Å². The molecule has 3 aliphatic rings. The van der Waals surface area contributed by atoms with Crippen LogP contribution in [0, 0.1) is 0 Å². The van der Waals surface area contributed by atoms with Crippen LogP contribution in [0.2, 0.25) is 0 Å². The Labute approximate surface area is 113 Å². The van der Waals surface area contributed by atoms with Crippen LogP contribution in [0.1, 0.15) is 56.2 Å². The maximum atomic E-state index is 5.42. The van der Waals surface area contributed by atoms with Crippen molar-refractivity contribution in [2.75, 3.05) is 13.1 Å². The predicted molar refractivity (Wildman–Crippen MR) is 70.7 cm³/mol. The largest absolute Gasteiger partial charge is 0.338 e. The SMILES string of the molecule is C1CNC(C2CCCN2Cc2nc(C3CC3)no2)C1. The van der Waals surface area contributed by atoms with Crippen LogP contribution in [-0.4, -0.2) is 40.2 Å². The van der Waals surface area contributed by atoms with Crippen molar-refractivity contribution in [2.45, 2.75) is 63.1 Å². The van der Waals surface area contributed by atoms with Gasteiger partial charge < -0.3 is 9.84 Å². The fraction of sp³-hybridized carbons (Fsp3) is 0.857. The van der Waals surface area contributed by atoms with Crippen LogP contribution in [-0.2, 0) is 6.54 Å². The molecule has 104 valence electrons. The van der Waals surface area contributed by atoms with Crippen LogP contribution in [0.4, 0.5) is 0 Å². The number of rotatable bonds is 4. The summed E-state index contributed by atoms with van der Waals surface area (Å²) in [5, 5.41) is 7.75. The molecule has 0 bridgehead atoms. The zero-order valence-electron chi connectivity index (χ0n) is 11.3. The second kappa shape index (κ2) is 4.87. The molecule has 0 aromatic carbocycles. The fourth-order valence-corrected chi connectivity index (χ4v) is 3.56. The zero-order chi connectivity index (χ0) is 12.7. The smallest absolute Gasteiger partial charge is 0.240 e. The minimum absolute atomic E-state index is 0.586. The molecule has 0 radical (unpaired) electrons. The molecule has 2 atom stereocenters. The summed E-state index contributed by atoms with van der Waals surface area (Å²) < 4.78 is 5.42. The summed E-state index contributed by atoms with van der Waals surface area (Å²) in [6.45, 7) is 3.19. The standard InChI is InChI=1S/C14H22N4O/c1-3-11(15-7-1)12-4-2-8-18(12)9-13-16-14(17-19-13)10-5-6-10/h10-12,15H,1-9H2. The molecule has 2 unspecified atom stereocenters. The molecular formula is C14H22N4O. The van der Waals surface area contributed by atoms with Gasteiger partial charge >= 0.3 is 0 Å². The monoisotopic (exact) mass is 262 g/mol. The van der Waals surface area contributed by atoms with Gasteiger partial charge in [0.25, 0.3) is 0 Å². The van der Waals surface area contributed by atoms with E-state index in [9.17, 15) is 0 Å². The van der Waals surface area contributed by atoms with Crippen LogP contribution >= 0.6 is 0 Å². The molecule has 5 nitrogen and oxygen atoms in total. The lowest BCUT2D eigenvalue weighted by Gasteiger charge is -2.28. The predicted octanol–water partition coefficient (Wildman–Crippen LogP) is 1.66. The topological polar surface area (TPSA) is 54.2 Å². The number of nitrogens with zero attached hydrogens (tertiary/aromatic N) is 3. The van der Waals surface area contributed by atoms with Gasteiger partial charge in [-0.1, -0.05) is 5.16 Å². The molecule has 0 amide bonds. The third-order valence-electron chi connectivity index (χ3n) is 4.74. The minimum atomic E-state index is 0.586. The highest BCUT2D eigenvalue weighted by Gasteiger charge is 2.34. The van der Waals surface area contributed by atoms with E-state index in [4.69, 9.17) is 4.52 Å². The number of nitrogens with one attached hydrogen (secondary N) is 1. The Balaban J connectivity index is 1.42. The van der Waals surface area contributed by atoms with Crippen molar-refractivity contribution in [2.24, 2.45) is 0 Å². The average molecular weight is 262 g/mol. The summed E-state index contributed by atoms with van der Waals surface area (Å²) >= 11 is 0. The van der Waals surface area contributed by atoms with Crippen LogP contribution < -0.4 is 5.32 Å². The molecule has 4 rings (SSSR count). The lowest BCUT2D eigenvalue weighted by molar-refractivity contribution is 0.182. The lowest BCUT2D eigenvalue weighted by Crippen LogP contribution is -2.43. The van der Waals surface area contributed by atoms with Crippen LogP contribution in [0.3, 0.4) is 0 Å². The first-order valence-corrected chi connectivity index (χ1v) is 7.70. The van der Waals surface area contributed by atoms with Gasteiger partial charge in [-0.3, -0.25) is 4.90 Å². The van der Waals surface area contributed by atoms with Crippen molar-refractivity contribution in [3.05, 3.63) is 11.7 Å². The first-order chi connectivity index (χ1) is 9.40. The van der Waals surface area contributed by atoms with Crippen molar-refractivity contribution < 1.29 is 4.52 Å². The van der Waals surface area contributed by atoms with E-state index in [-0.39, 0.29) is 0 Å². The second-order valence-electron chi connectivity index (χ2n) is 6.20. The molecule has 5 heteroatoms. The van der Waals surface area contributed by atoms with E-state index in [2.05, 4.69) is 20.4 Å². The molecule has 0 spiro atoms. The Kier molecular flexibility index (Phi) is 3.04. The minimum Gasteiger partial charge on any atom is -0.338 e. The highest BCUT2D eigenvalue weighted by Crippen LogP contribution is 2.38. The van der Waals surface area contributed by atoms with Crippen molar-refractivity contribution in [1.82, 2.24) is 20.4 Å². The molecule has 1 aromatic heterocycles. The summed E-state index contributed by atoms with van der Waals surface area (Å²) in [6, 6.07) is 1.34. The first kappa shape index (κ1) is 11.9. The summed E-state index contributed by atoms with van der Waals surface area (Å²) in [4.78, 5) is 7.09. The Bertz CT molecular complexity index is 436. The number of likely N-dealkylation sites (tertiary alicyclic amines) is 1. The van der Waals surface area contributed by atoms with E-state index in [0.29, 0.717) is 18.0 Å². The fourth-order valence-electron chi connectivity index (χ4n) is 3.56. The van der Waals surface area contributed by atoms with E-state index >= 15 is 0 Å². The van der Waals surface area contributed by atoms with E-state index in [0.717, 1.165) is 18.3 Å². The van der Waals surface area contributed by atoms with Gasteiger partial charge in [-0.15, -0.1) is 0 Å². The van der Waals surface area contributed by atoms with Crippen LogP contribution in [0.15, 0.2) is 4.52 Å². The van der Waals surface area contributed by atoms with Crippen LogP contribution in [0.25, 0.3) is 0 Å². The van der Waals surface area contributed by atoms with E-state index < -0.39 is 0 Å². The molecule has 2 saturated heterocycles. The number of hydrogen-bond donors (Lipinski definition) is 1. The van der Waals surface area contributed by atoms with Gasteiger partial charge in [-0.05, 0) is 51.6 Å². The van der Waals surface area contributed by atoms with Gasteiger partial charge in [0.15, 0.2) is 5.82 Å². The Hall–Kier alpha value is -0.940. The van der Waals surface area contributed by atoms with Gasteiger partial charge in [0.2, 0.25) is 5.89 Å². The normalized spacial score (nSPS) is 32.2.